The number of rotatable bonds is 4. The Morgan fingerprint density at radius 1 is 0.885 bits per heavy atom. The van der Waals surface area contributed by atoms with Crippen LogP contribution in [0.1, 0.15) is 11.1 Å². The van der Waals surface area contributed by atoms with Gasteiger partial charge in [-0.15, -0.1) is 0 Å². The van der Waals surface area contributed by atoms with Gasteiger partial charge in [0.05, 0.1) is 11.9 Å². The summed E-state index contributed by atoms with van der Waals surface area (Å²) in [4.78, 5) is 9.07. The Labute approximate surface area is 154 Å². The fraction of sp³-hybridized carbons (Fsp3) is 0.150. The molecule has 0 aliphatic rings. The number of aromatic nitrogens is 2. The van der Waals surface area contributed by atoms with Crippen LogP contribution in [0.2, 0.25) is 0 Å². The first-order valence-electron chi connectivity index (χ1n) is 7.84. The van der Waals surface area contributed by atoms with Crippen molar-refractivity contribution in [3.05, 3.63) is 65.9 Å². The summed E-state index contributed by atoms with van der Waals surface area (Å²) in [6.07, 6.45) is 2.91. The number of nitrogens with zero attached hydrogens (tertiary/aromatic N) is 2. The smallest absolute Gasteiger partial charge is 0.249 e. The molecule has 0 aliphatic carbocycles. The van der Waals surface area contributed by atoms with Crippen molar-refractivity contribution in [3.63, 3.8) is 0 Å². The van der Waals surface area contributed by atoms with Gasteiger partial charge in [0.25, 0.3) is 0 Å². The van der Waals surface area contributed by atoms with E-state index in [4.69, 9.17) is 4.18 Å². The van der Waals surface area contributed by atoms with Gasteiger partial charge in [-0.1, -0.05) is 59.7 Å². The molecule has 136 valence electrons. The average molecular weight is 370 g/mol. The van der Waals surface area contributed by atoms with E-state index < -0.39 is 9.80 Å². The van der Waals surface area contributed by atoms with Crippen LogP contribution >= 0.6 is 0 Å². The molecule has 5 nitrogen and oxygen atoms in total. The van der Waals surface area contributed by atoms with Gasteiger partial charge in [-0.3, -0.25) is 0 Å². The molecule has 1 heterocycles. The summed E-state index contributed by atoms with van der Waals surface area (Å²) < 4.78 is 17.2. The summed E-state index contributed by atoms with van der Waals surface area (Å²) in [6, 6.07) is 16.1. The molecule has 26 heavy (non-hydrogen) atoms. The SMILES string of the molecule is C=S(C)(=O)Oc1cnc(-c2ccc(C)cc2)c(-c2ccc(C)cc2)n1.O. The van der Waals surface area contributed by atoms with Crippen molar-refractivity contribution < 1.29 is 13.9 Å². The van der Waals surface area contributed by atoms with Crippen LogP contribution in [-0.4, -0.2) is 31.8 Å². The molecular weight excluding hydrogens is 348 g/mol. The molecule has 0 fully saturated rings. The van der Waals surface area contributed by atoms with E-state index in [9.17, 15) is 4.21 Å². The predicted molar refractivity (Wildman–Crippen MR) is 108 cm³/mol. The van der Waals surface area contributed by atoms with Crippen LogP contribution in [0.25, 0.3) is 22.5 Å². The second kappa shape index (κ2) is 7.68. The minimum Gasteiger partial charge on any atom is -0.412 e. The molecule has 2 aromatic carbocycles. The first-order valence-corrected chi connectivity index (χ1v) is 9.91. The molecule has 0 bridgehead atoms. The Balaban J connectivity index is 0.00000243. The zero-order valence-electron chi connectivity index (χ0n) is 15.0. The van der Waals surface area contributed by atoms with Gasteiger partial charge in [-0.2, -0.15) is 0 Å². The maximum Gasteiger partial charge on any atom is 0.249 e. The van der Waals surface area contributed by atoms with Crippen molar-refractivity contribution in [3.8, 4) is 28.4 Å². The second-order valence-electron chi connectivity index (χ2n) is 6.15. The lowest BCUT2D eigenvalue weighted by atomic mass is 10.0. The lowest BCUT2D eigenvalue weighted by Gasteiger charge is -2.12. The zero-order valence-corrected chi connectivity index (χ0v) is 15.8. The van der Waals surface area contributed by atoms with Gasteiger partial charge in [-0.25, -0.2) is 14.2 Å². The normalized spacial score (nSPS) is 12.7. The third kappa shape index (κ3) is 4.68. The molecule has 0 amide bonds. The minimum atomic E-state index is -2.67. The molecular formula is C20H22N2O3S. The summed E-state index contributed by atoms with van der Waals surface area (Å²) in [5.41, 5.74) is 5.66. The van der Waals surface area contributed by atoms with E-state index in [0.717, 1.165) is 22.4 Å². The fourth-order valence-electron chi connectivity index (χ4n) is 2.43. The highest BCUT2D eigenvalue weighted by Crippen LogP contribution is 2.30. The van der Waals surface area contributed by atoms with Crippen LogP contribution in [0, 0.1) is 13.8 Å². The van der Waals surface area contributed by atoms with E-state index in [-0.39, 0.29) is 11.4 Å². The van der Waals surface area contributed by atoms with Gasteiger partial charge in [0, 0.05) is 17.4 Å². The van der Waals surface area contributed by atoms with Crippen LogP contribution in [-0.2, 0) is 9.80 Å². The topological polar surface area (TPSA) is 83.6 Å². The molecule has 3 rings (SSSR count). The Morgan fingerprint density at radius 3 is 1.81 bits per heavy atom. The number of hydrogen-bond donors (Lipinski definition) is 0. The van der Waals surface area contributed by atoms with Gasteiger partial charge < -0.3 is 9.66 Å². The monoisotopic (exact) mass is 370 g/mol. The Hall–Kier alpha value is -2.70. The number of benzene rings is 2. The van der Waals surface area contributed by atoms with Crippen molar-refractivity contribution in [2.45, 2.75) is 13.8 Å². The Kier molecular flexibility index (Phi) is 5.79. The third-order valence-electron chi connectivity index (χ3n) is 3.66. The first-order chi connectivity index (χ1) is 11.8. The van der Waals surface area contributed by atoms with E-state index in [0.29, 0.717) is 5.69 Å². The van der Waals surface area contributed by atoms with Gasteiger partial charge >= 0.3 is 0 Å². The van der Waals surface area contributed by atoms with E-state index >= 15 is 0 Å². The van der Waals surface area contributed by atoms with Crippen LogP contribution in [0.3, 0.4) is 0 Å². The molecule has 1 aromatic heterocycles. The van der Waals surface area contributed by atoms with Gasteiger partial charge in [0.2, 0.25) is 5.88 Å². The molecule has 0 aliphatic heterocycles. The number of aryl methyl sites for hydroxylation is 2. The quantitative estimate of drug-likeness (QED) is 0.660. The molecule has 6 heteroatoms. The molecule has 1 unspecified atom stereocenters. The molecule has 0 saturated heterocycles. The zero-order chi connectivity index (χ0) is 18.0. The maximum atomic E-state index is 11.8. The lowest BCUT2D eigenvalue weighted by Crippen LogP contribution is -2.08. The van der Waals surface area contributed by atoms with Crippen molar-refractivity contribution in [2.75, 3.05) is 6.26 Å². The molecule has 1 atom stereocenters. The molecule has 0 spiro atoms. The fourth-order valence-corrected chi connectivity index (χ4v) is 2.87. The van der Waals surface area contributed by atoms with Crippen LogP contribution in [0.5, 0.6) is 5.88 Å². The second-order valence-corrected chi connectivity index (χ2v) is 8.16. The maximum absolute atomic E-state index is 11.8. The van der Waals surface area contributed by atoms with Crippen LogP contribution < -0.4 is 4.18 Å². The third-order valence-corrected chi connectivity index (χ3v) is 4.19. The molecule has 3 aromatic rings. The highest BCUT2D eigenvalue weighted by atomic mass is 32.2. The largest absolute Gasteiger partial charge is 0.412 e. The summed E-state index contributed by atoms with van der Waals surface area (Å²) in [7, 11) is -2.67. The van der Waals surface area contributed by atoms with Crippen molar-refractivity contribution in [1.82, 2.24) is 9.97 Å². The first kappa shape index (κ1) is 19.6. The summed E-state index contributed by atoms with van der Waals surface area (Å²) in [5, 5.41) is 0. The minimum absolute atomic E-state index is 0. The van der Waals surface area contributed by atoms with Gasteiger partial charge in [0.1, 0.15) is 15.5 Å². The summed E-state index contributed by atoms with van der Waals surface area (Å²) in [5.74, 6) is 3.71. The van der Waals surface area contributed by atoms with Crippen molar-refractivity contribution in [2.24, 2.45) is 0 Å². The van der Waals surface area contributed by atoms with Gasteiger partial charge in [0.15, 0.2) is 0 Å². The highest BCUT2D eigenvalue weighted by molar-refractivity contribution is 7.95. The number of hydrogen-bond acceptors (Lipinski definition) is 4. The molecule has 0 saturated carbocycles. The summed E-state index contributed by atoms with van der Waals surface area (Å²) >= 11 is 0. The van der Waals surface area contributed by atoms with E-state index in [1.165, 1.54) is 18.0 Å². The van der Waals surface area contributed by atoms with Crippen LogP contribution in [0.4, 0.5) is 0 Å². The Morgan fingerprint density at radius 2 is 1.35 bits per heavy atom. The van der Waals surface area contributed by atoms with Gasteiger partial charge in [-0.05, 0) is 19.7 Å². The highest BCUT2D eigenvalue weighted by Gasteiger charge is 2.14. The lowest BCUT2D eigenvalue weighted by molar-refractivity contribution is 0.546. The van der Waals surface area contributed by atoms with Crippen molar-refractivity contribution in [1.29, 1.82) is 0 Å². The molecule has 2 N–H and O–H groups in total. The standard InChI is InChI=1S/C20H20N2O2S.H2O/c1-14-5-9-16(10-6-14)19-20(17-11-7-15(2)8-12-17)22-18(13-21-19)24-25(3,4)23;/h5-13H,3H2,1-2,4H3;1H2. The predicted octanol–water partition coefficient (Wildman–Crippen LogP) is 3.24. The van der Waals surface area contributed by atoms with E-state index in [2.05, 4.69) is 15.8 Å². The molecule has 0 radical (unpaired) electrons. The van der Waals surface area contributed by atoms with E-state index in [1.807, 2.05) is 62.4 Å². The van der Waals surface area contributed by atoms with E-state index in [1.54, 1.807) is 0 Å². The Bertz CT molecular complexity index is 996. The van der Waals surface area contributed by atoms with Crippen LogP contribution in [0.15, 0.2) is 54.7 Å². The summed E-state index contributed by atoms with van der Waals surface area (Å²) in [6.45, 7) is 4.07. The van der Waals surface area contributed by atoms with Crippen molar-refractivity contribution >= 4 is 15.7 Å². The average Bonchev–Trinajstić information content (AvgIpc) is 2.55.